The number of rotatable bonds is 16. The average molecular weight is 566 g/mol. The van der Waals surface area contributed by atoms with Gasteiger partial charge < -0.3 is 36.0 Å². The third-order valence-electron chi connectivity index (χ3n) is 5.07. The minimum absolute atomic E-state index is 0.0678. The van der Waals surface area contributed by atoms with Crippen LogP contribution in [-0.4, -0.2) is 113 Å². The van der Waals surface area contributed by atoms with Crippen LogP contribution in [0.2, 0.25) is 0 Å². The van der Waals surface area contributed by atoms with E-state index in [1.807, 2.05) is 13.8 Å². The van der Waals surface area contributed by atoms with Crippen molar-refractivity contribution in [3.05, 3.63) is 35.9 Å². The van der Waals surface area contributed by atoms with E-state index in [4.69, 9.17) is 10.8 Å². The van der Waals surface area contributed by atoms with Gasteiger partial charge in [-0.1, -0.05) is 52.8 Å². The number of nitrogens with zero attached hydrogens (tertiary/aromatic N) is 3. The molecule has 0 saturated heterocycles. The van der Waals surface area contributed by atoms with Crippen LogP contribution in [0.5, 0.6) is 0 Å². The molecule has 0 spiro atoms. The van der Waals surface area contributed by atoms with Crippen molar-refractivity contribution in [1.29, 1.82) is 0 Å². The summed E-state index contributed by atoms with van der Waals surface area (Å²) >= 11 is 0. The number of aliphatic carboxylic acids is 1. The molecule has 0 unspecified atom stereocenters. The number of carboxylic acids is 1. The number of carbonyl (C=O) groups excluding carboxylic acids is 4. The summed E-state index contributed by atoms with van der Waals surface area (Å²) in [5.41, 5.74) is 6.10. The Kier molecular flexibility index (Phi) is 18.6. The van der Waals surface area contributed by atoms with Crippen LogP contribution in [0.15, 0.2) is 30.3 Å². The molecule has 40 heavy (non-hydrogen) atoms. The van der Waals surface area contributed by atoms with Gasteiger partial charge in [0.25, 0.3) is 5.91 Å². The first kappa shape index (κ1) is 36.5. The van der Waals surface area contributed by atoms with Gasteiger partial charge in [-0.15, -0.1) is 0 Å². The molecule has 1 aromatic carbocycles. The predicted octanol–water partition coefficient (Wildman–Crippen LogP) is 0.646. The van der Waals surface area contributed by atoms with Gasteiger partial charge in [0.05, 0.1) is 13.2 Å². The molecule has 226 valence electrons. The smallest absolute Gasteiger partial charge is 0.322 e. The zero-order valence-electron chi connectivity index (χ0n) is 24.5. The molecule has 0 saturated carbocycles. The maximum absolute atomic E-state index is 13.1. The monoisotopic (exact) mass is 565 g/mol. The van der Waals surface area contributed by atoms with Gasteiger partial charge in [0.2, 0.25) is 17.7 Å². The van der Waals surface area contributed by atoms with E-state index in [1.54, 1.807) is 30.3 Å². The Morgan fingerprint density at radius 1 is 0.850 bits per heavy atom. The molecule has 0 aliphatic heterocycles. The lowest BCUT2D eigenvalue weighted by molar-refractivity contribution is -0.141. The van der Waals surface area contributed by atoms with E-state index in [1.165, 1.54) is 14.7 Å². The standard InChI is InChI=1S/C24H37N5O7.C4H10/c1-18(2)15-29(24(36)19-6-4-3-5-7-19)17-22(33)28(11-9-25)16-21(32)27(12-13-30)10-8-20(31)26-14-23(34)35;1-4(2)3/h3-7,18,30H,8-17,25H2,1-2H3,(H,26,31)(H,34,35);4H,1-3H3. The molecular formula is C28H47N5O7. The van der Waals surface area contributed by atoms with Crippen LogP contribution < -0.4 is 11.1 Å². The second-order valence-electron chi connectivity index (χ2n) is 10.3. The van der Waals surface area contributed by atoms with Crippen LogP contribution >= 0.6 is 0 Å². The van der Waals surface area contributed by atoms with E-state index in [2.05, 4.69) is 26.1 Å². The number of aliphatic hydroxyl groups excluding tert-OH is 1. The highest BCUT2D eigenvalue weighted by molar-refractivity contribution is 5.97. The third-order valence-corrected chi connectivity index (χ3v) is 5.07. The summed E-state index contributed by atoms with van der Waals surface area (Å²) in [6, 6.07) is 8.60. The number of nitrogens with two attached hydrogens (primary N) is 1. The van der Waals surface area contributed by atoms with Crippen molar-refractivity contribution in [2.75, 3.05) is 59.0 Å². The van der Waals surface area contributed by atoms with Crippen molar-refractivity contribution in [3.8, 4) is 0 Å². The Morgan fingerprint density at radius 3 is 1.90 bits per heavy atom. The fourth-order valence-electron chi connectivity index (χ4n) is 3.38. The molecule has 12 heteroatoms. The lowest BCUT2D eigenvalue weighted by atomic mass is 10.1. The molecule has 0 fully saturated rings. The molecule has 1 aromatic rings. The highest BCUT2D eigenvalue weighted by Gasteiger charge is 2.25. The topological polar surface area (TPSA) is 174 Å². The molecule has 1 rings (SSSR count). The van der Waals surface area contributed by atoms with Gasteiger partial charge in [0, 0.05) is 44.7 Å². The first-order chi connectivity index (χ1) is 18.8. The number of amides is 4. The zero-order valence-corrected chi connectivity index (χ0v) is 24.5. The Hall–Kier alpha value is -3.51. The summed E-state index contributed by atoms with van der Waals surface area (Å²) in [5.74, 6) is -2.09. The van der Waals surface area contributed by atoms with Gasteiger partial charge in [0.1, 0.15) is 13.1 Å². The number of carboxylic acid groups (broad SMARTS) is 1. The number of hydrogen-bond acceptors (Lipinski definition) is 7. The van der Waals surface area contributed by atoms with Crippen molar-refractivity contribution >= 4 is 29.6 Å². The molecule has 0 atom stereocenters. The molecule has 0 aliphatic rings. The molecule has 0 bridgehead atoms. The number of aliphatic hydroxyl groups is 1. The van der Waals surface area contributed by atoms with Gasteiger partial charge in [-0.25, -0.2) is 0 Å². The van der Waals surface area contributed by atoms with Gasteiger partial charge in [-0.05, 0) is 24.0 Å². The normalized spacial score (nSPS) is 10.4. The molecule has 0 radical (unpaired) electrons. The summed E-state index contributed by atoms with van der Waals surface area (Å²) in [6.07, 6.45) is -0.169. The Bertz CT molecular complexity index is 922. The highest BCUT2D eigenvalue weighted by Crippen LogP contribution is 2.09. The fraction of sp³-hybridized carbons (Fsp3) is 0.607. The largest absolute Gasteiger partial charge is 0.480 e. The van der Waals surface area contributed by atoms with Crippen molar-refractivity contribution < 1.29 is 34.2 Å². The van der Waals surface area contributed by atoms with E-state index < -0.39 is 30.2 Å². The number of hydrogen-bond donors (Lipinski definition) is 4. The fourth-order valence-corrected chi connectivity index (χ4v) is 3.38. The number of nitrogens with one attached hydrogen (secondary N) is 1. The van der Waals surface area contributed by atoms with Gasteiger partial charge in [-0.3, -0.25) is 24.0 Å². The Balaban J connectivity index is 0.00000354. The summed E-state index contributed by atoms with van der Waals surface area (Å²) in [4.78, 5) is 65.3. The number of carbonyl (C=O) groups is 5. The van der Waals surface area contributed by atoms with Crippen molar-refractivity contribution in [2.24, 2.45) is 17.6 Å². The lowest BCUT2D eigenvalue weighted by Gasteiger charge is -2.30. The Morgan fingerprint density at radius 2 is 1.40 bits per heavy atom. The highest BCUT2D eigenvalue weighted by atomic mass is 16.4. The van der Waals surface area contributed by atoms with Gasteiger partial charge in [0.15, 0.2) is 0 Å². The van der Waals surface area contributed by atoms with Gasteiger partial charge in [-0.2, -0.15) is 0 Å². The summed E-state index contributed by atoms with van der Waals surface area (Å²) in [6.45, 7) is 9.24. The third kappa shape index (κ3) is 16.5. The van der Waals surface area contributed by atoms with Crippen LogP contribution in [-0.2, 0) is 19.2 Å². The Labute approximate surface area is 237 Å². The van der Waals surface area contributed by atoms with E-state index in [0.29, 0.717) is 12.1 Å². The van der Waals surface area contributed by atoms with E-state index in [0.717, 1.165) is 5.92 Å². The van der Waals surface area contributed by atoms with Gasteiger partial charge >= 0.3 is 5.97 Å². The van der Waals surface area contributed by atoms with Crippen molar-refractivity contribution in [3.63, 3.8) is 0 Å². The summed E-state index contributed by atoms with van der Waals surface area (Å²) < 4.78 is 0. The first-order valence-corrected chi connectivity index (χ1v) is 13.5. The predicted molar refractivity (Wildman–Crippen MR) is 152 cm³/mol. The molecule has 4 amide bonds. The maximum atomic E-state index is 13.1. The molecule has 12 nitrogen and oxygen atoms in total. The summed E-state index contributed by atoms with van der Waals surface area (Å²) in [5, 5.41) is 20.2. The van der Waals surface area contributed by atoms with Crippen LogP contribution in [0.3, 0.4) is 0 Å². The minimum Gasteiger partial charge on any atom is -0.480 e. The van der Waals surface area contributed by atoms with Crippen LogP contribution in [0.1, 0.15) is 51.4 Å². The van der Waals surface area contributed by atoms with Crippen LogP contribution in [0.4, 0.5) is 0 Å². The average Bonchev–Trinajstić information content (AvgIpc) is 2.88. The van der Waals surface area contributed by atoms with Crippen molar-refractivity contribution in [1.82, 2.24) is 20.0 Å². The van der Waals surface area contributed by atoms with Crippen LogP contribution in [0, 0.1) is 11.8 Å². The molecule has 0 aromatic heterocycles. The zero-order chi connectivity index (χ0) is 30.7. The second-order valence-corrected chi connectivity index (χ2v) is 10.3. The maximum Gasteiger partial charge on any atom is 0.322 e. The van der Waals surface area contributed by atoms with E-state index in [-0.39, 0.29) is 64.1 Å². The molecular weight excluding hydrogens is 518 g/mol. The van der Waals surface area contributed by atoms with Crippen molar-refractivity contribution in [2.45, 2.75) is 41.0 Å². The molecule has 0 aliphatic carbocycles. The first-order valence-electron chi connectivity index (χ1n) is 13.5. The van der Waals surface area contributed by atoms with Crippen LogP contribution in [0.25, 0.3) is 0 Å². The molecule has 5 N–H and O–H groups in total. The lowest BCUT2D eigenvalue weighted by Crippen LogP contribution is -2.50. The summed E-state index contributed by atoms with van der Waals surface area (Å²) in [7, 11) is 0. The number of benzene rings is 1. The minimum atomic E-state index is -1.19. The van der Waals surface area contributed by atoms with E-state index >= 15 is 0 Å². The second kappa shape index (κ2) is 20.4. The SMILES string of the molecule is CC(C)C.CC(C)CN(CC(=O)N(CCN)CC(=O)N(CCO)CCC(=O)NCC(=O)O)C(=O)c1ccccc1. The quantitative estimate of drug-likeness (QED) is 0.226. The van der Waals surface area contributed by atoms with E-state index in [9.17, 15) is 29.1 Å². The molecule has 0 heterocycles.